The van der Waals surface area contributed by atoms with Crippen molar-refractivity contribution < 1.29 is 19.4 Å². The maximum absolute atomic E-state index is 10.5. The number of aliphatic carboxylic acids is 1. The SMILES string of the molecule is O=C(O)CSc1nccn1CC1COCCO1. The normalized spacial score (nSPS) is 20.4. The molecule has 17 heavy (non-hydrogen) atoms. The highest BCUT2D eigenvalue weighted by molar-refractivity contribution is 7.99. The third-order valence-corrected chi connectivity index (χ3v) is 3.28. The number of ether oxygens (including phenoxy) is 2. The van der Waals surface area contributed by atoms with Crippen molar-refractivity contribution in [1.82, 2.24) is 9.55 Å². The zero-order valence-corrected chi connectivity index (χ0v) is 10.1. The van der Waals surface area contributed by atoms with Gasteiger partial charge in [-0.3, -0.25) is 4.79 Å². The molecule has 0 amide bonds. The minimum atomic E-state index is -0.846. The number of hydrogen-bond donors (Lipinski definition) is 1. The van der Waals surface area contributed by atoms with E-state index in [0.717, 1.165) is 0 Å². The zero-order valence-electron chi connectivity index (χ0n) is 9.24. The lowest BCUT2D eigenvalue weighted by molar-refractivity contribution is -0.133. The van der Waals surface area contributed by atoms with E-state index < -0.39 is 5.97 Å². The van der Waals surface area contributed by atoms with Crippen LogP contribution in [0.5, 0.6) is 0 Å². The summed E-state index contributed by atoms with van der Waals surface area (Å²) in [5, 5.41) is 9.32. The summed E-state index contributed by atoms with van der Waals surface area (Å²) in [5.74, 6) is -0.833. The molecule has 0 aliphatic carbocycles. The van der Waals surface area contributed by atoms with Gasteiger partial charge in [0.05, 0.1) is 38.2 Å². The molecule has 6 nitrogen and oxygen atoms in total. The third-order valence-electron chi connectivity index (χ3n) is 2.29. The molecular formula is C10H14N2O4S. The summed E-state index contributed by atoms with van der Waals surface area (Å²) in [7, 11) is 0. The Kier molecular flexibility index (Phi) is 4.41. The highest BCUT2D eigenvalue weighted by Crippen LogP contribution is 2.16. The fourth-order valence-corrected chi connectivity index (χ4v) is 2.25. The van der Waals surface area contributed by atoms with E-state index in [4.69, 9.17) is 14.6 Å². The van der Waals surface area contributed by atoms with Crippen molar-refractivity contribution >= 4 is 17.7 Å². The number of carboxylic acid groups (broad SMARTS) is 1. The van der Waals surface area contributed by atoms with E-state index in [-0.39, 0.29) is 11.9 Å². The van der Waals surface area contributed by atoms with Gasteiger partial charge in [0.2, 0.25) is 0 Å². The topological polar surface area (TPSA) is 73.6 Å². The van der Waals surface area contributed by atoms with E-state index in [2.05, 4.69) is 4.98 Å². The summed E-state index contributed by atoms with van der Waals surface area (Å²) in [4.78, 5) is 14.6. The number of nitrogens with zero attached hydrogens (tertiary/aromatic N) is 2. The van der Waals surface area contributed by atoms with Crippen LogP contribution in [0, 0.1) is 0 Å². The molecule has 2 rings (SSSR count). The molecule has 1 N–H and O–H groups in total. The Labute approximate surface area is 103 Å². The standard InChI is InChI=1S/C10H14N2O4S/c13-9(14)7-17-10-11-1-2-12(10)5-8-6-15-3-4-16-8/h1-2,8H,3-7H2,(H,13,14). The van der Waals surface area contributed by atoms with Gasteiger partial charge in [0.15, 0.2) is 5.16 Å². The van der Waals surface area contributed by atoms with Crippen LogP contribution in [0.15, 0.2) is 17.6 Å². The first-order valence-corrected chi connectivity index (χ1v) is 6.29. The number of rotatable bonds is 5. The molecule has 1 unspecified atom stereocenters. The fourth-order valence-electron chi connectivity index (χ4n) is 1.56. The van der Waals surface area contributed by atoms with Gasteiger partial charge in [0.1, 0.15) is 0 Å². The maximum atomic E-state index is 10.5. The highest BCUT2D eigenvalue weighted by Gasteiger charge is 2.16. The maximum Gasteiger partial charge on any atom is 0.313 e. The molecule has 1 saturated heterocycles. The van der Waals surface area contributed by atoms with Crippen LogP contribution in [0.2, 0.25) is 0 Å². The molecule has 1 fully saturated rings. The van der Waals surface area contributed by atoms with Gasteiger partial charge in [0, 0.05) is 12.4 Å². The van der Waals surface area contributed by atoms with Crippen molar-refractivity contribution in [2.24, 2.45) is 0 Å². The van der Waals surface area contributed by atoms with Crippen LogP contribution in [0.3, 0.4) is 0 Å². The first kappa shape index (κ1) is 12.4. The van der Waals surface area contributed by atoms with E-state index >= 15 is 0 Å². The van der Waals surface area contributed by atoms with Gasteiger partial charge in [-0.15, -0.1) is 0 Å². The molecule has 0 saturated carbocycles. The summed E-state index contributed by atoms with van der Waals surface area (Å²) in [5.41, 5.74) is 0. The molecule has 2 heterocycles. The van der Waals surface area contributed by atoms with E-state index in [0.29, 0.717) is 31.5 Å². The van der Waals surface area contributed by atoms with Crippen LogP contribution in [0.4, 0.5) is 0 Å². The predicted molar refractivity (Wildman–Crippen MR) is 61.1 cm³/mol. The Hall–Kier alpha value is -1.05. The van der Waals surface area contributed by atoms with Crippen molar-refractivity contribution in [3.63, 3.8) is 0 Å². The smallest absolute Gasteiger partial charge is 0.313 e. The summed E-state index contributed by atoms with van der Waals surface area (Å²) in [6.07, 6.45) is 3.50. The molecule has 0 aromatic carbocycles. The van der Waals surface area contributed by atoms with Gasteiger partial charge in [-0.25, -0.2) is 4.98 Å². The molecule has 7 heteroatoms. The molecule has 0 spiro atoms. The molecule has 94 valence electrons. The van der Waals surface area contributed by atoms with Crippen LogP contribution in [0.25, 0.3) is 0 Å². The van der Waals surface area contributed by atoms with E-state index in [1.165, 1.54) is 11.8 Å². The predicted octanol–water partition coefficient (Wildman–Crippen LogP) is 0.475. The van der Waals surface area contributed by atoms with Crippen molar-refractivity contribution in [2.45, 2.75) is 17.8 Å². The van der Waals surface area contributed by atoms with Crippen molar-refractivity contribution in [3.05, 3.63) is 12.4 Å². The number of carboxylic acids is 1. The monoisotopic (exact) mass is 258 g/mol. The summed E-state index contributed by atoms with van der Waals surface area (Å²) < 4.78 is 12.7. The molecular weight excluding hydrogens is 244 g/mol. The Morgan fingerprint density at radius 2 is 2.53 bits per heavy atom. The van der Waals surface area contributed by atoms with E-state index in [9.17, 15) is 4.79 Å². The minimum absolute atomic E-state index is 0.0129. The lowest BCUT2D eigenvalue weighted by Gasteiger charge is -2.23. The lowest BCUT2D eigenvalue weighted by atomic mass is 10.3. The van der Waals surface area contributed by atoms with Crippen molar-refractivity contribution in [2.75, 3.05) is 25.6 Å². The summed E-state index contributed by atoms with van der Waals surface area (Å²) in [6.45, 7) is 2.46. The second-order valence-corrected chi connectivity index (χ2v) is 4.55. The Bertz CT molecular complexity index is 376. The van der Waals surface area contributed by atoms with Crippen LogP contribution in [-0.2, 0) is 20.8 Å². The van der Waals surface area contributed by atoms with Gasteiger partial charge in [-0.2, -0.15) is 0 Å². The minimum Gasteiger partial charge on any atom is -0.481 e. The first-order valence-electron chi connectivity index (χ1n) is 5.31. The second-order valence-electron chi connectivity index (χ2n) is 3.61. The summed E-state index contributed by atoms with van der Waals surface area (Å²) in [6, 6.07) is 0. The lowest BCUT2D eigenvalue weighted by Crippen LogP contribution is -2.32. The molecule has 0 bridgehead atoms. The Morgan fingerprint density at radius 3 is 3.24 bits per heavy atom. The van der Waals surface area contributed by atoms with Crippen LogP contribution < -0.4 is 0 Å². The van der Waals surface area contributed by atoms with Gasteiger partial charge in [-0.05, 0) is 0 Å². The van der Waals surface area contributed by atoms with Gasteiger partial charge >= 0.3 is 5.97 Å². The fraction of sp³-hybridized carbons (Fsp3) is 0.600. The number of hydrogen-bond acceptors (Lipinski definition) is 5. The number of carbonyl (C=O) groups is 1. The third kappa shape index (κ3) is 3.72. The van der Waals surface area contributed by atoms with E-state index in [1.54, 1.807) is 6.20 Å². The molecule has 1 atom stereocenters. The van der Waals surface area contributed by atoms with Gasteiger partial charge < -0.3 is 19.1 Å². The van der Waals surface area contributed by atoms with Gasteiger partial charge in [-0.1, -0.05) is 11.8 Å². The number of imidazole rings is 1. The second kappa shape index (κ2) is 6.04. The number of aromatic nitrogens is 2. The Balaban J connectivity index is 1.91. The average molecular weight is 258 g/mol. The molecule has 0 radical (unpaired) electrons. The van der Waals surface area contributed by atoms with E-state index in [1.807, 2.05) is 10.8 Å². The molecule has 1 aromatic heterocycles. The zero-order chi connectivity index (χ0) is 12.1. The highest BCUT2D eigenvalue weighted by atomic mass is 32.2. The largest absolute Gasteiger partial charge is 0.481 e. The summed E-state index contributed by atoms with van der Waals surface area (Å²) >= 11 is 1.21. The van der Waals surface area contributed by atoms with Crippen LogP contribution in [0.1, 0.15) is 0 Å². The Morgan fingerprint density at radius 1 is 1.65 bits per heavy atom. The van der Waals surface area contributed by atoms with Crippen molar-refractivity contribution in [3.8, 4) is 0 Å². The average Bonchev–Trinajstić information content (AvgIpc) is 2.75. The molecule has 1 aliphatic rings. The number of thioether (sulfide) groups is 1. The first-order chi connectivity index (χ1) is 8.25. The molecule has 1 aliphatic heterocycles. The van der Waals surface area contributed by atoms with Gasteiger partial charge in [0.25, 0.3) is 0 Å². The van der Waals surface area contributed by atoms with Crippen LogP contribution >= 0.6 is 11.8 Å². The molecule has 1 aromatic rings. The quantitative estimate of drug-likeness (QED) is 0.774. The van der Waals surface area contributed by atoms with Crippen molar-refractivity contribution in [1.29, 1.82) is 0 Å². The van der Waals surface area contributed by atoms with Crippen LogP contribution in [-0.4, -0.2) is 52.3 Å².